The fourth-order valence-corrected chi connectivity index (χ4v) is 22.7. The molecule has 6 aliphatic heterocycles. The molecule has 6 fully saturated rings. The minimum atomic E-state index is -5.92. The van der Waals surface area contributed by atoms with Crippen LogP contribution in [0.4, 0.5) is 35.0 Å². The number of nitrogens with zero attached hydrogens (tertiary/aromatic N) is 15. The highest BCUT2D eigenvalue weighted by Crippen LogP contribution is 2.58. The van der Waals surface area contributed by atoms with E-state index in [9.17, 15) is 53.5 Å². The maximum absolute atomic E-state index is 15.5. The van der Waals surface area contributed by atoms with Gasteiger partial charge in [-0.05, 0) is 69.5 Å². The first-order chi connectivity index (χ1) is 68.9. The lowest BCUT2D eigenvalue weighted by Crippen LogP contribution is -2.41. The summed E-state index contributed by atoms with van der Waals surface area (Å²) in [6, 6.07) is 0. The van der Waals surface area contributed by atoms with Gasteiger partial charge in [0.2, 0.25) is 5.95 Å². The molecule has 0 bridgehead atoms. The molecule has 19 N–H and O–H groups in total. The number of anilines is 6. The molecule has 14 heterocycles. The third kappa shape index (κ3) is 26.9. The zero-order chi connectivity index (χ0) is 105. The number of aromatic amines is 1. The molecular formula is C76H113N22O39P5S3. The SMILES string of the molecule is CC[C@H]1O[C@@H](n2cc(C)c(N)nc2=O)C[C@H]1OP(O)(=S)OC[C@H]1O[C@@H](n2cnc3c(=O)[nH]c(N)nc32)C(OCCOC)[C@H]1OP(=O)(O)OC[C@H]1O[C@@H](n2cc(C)c(N)nc2=O)C(OCCOC)[C@H]1OP(=O)(O)OC[C@H]1O[C@@H](n2cnc3c(N)ncnc32)C(OCCOC)[C@H]1OP(O)(=S)OC[C@H]1O[C@@H](n2cc(C)c(N)nc2=O)C(OCCOC)[C@H]1OP(O)(=S)OC[C@H]1O[C@@H](n2cc(C)c(N)nc2=O)C(OCCOC)[C@H]1O. The van der Waals surface area contributed by atoms with Crippen molar-refractivity contribution >= 4 is 129 Å². The Morgan fingerprint density at radius 2 is 0.717 bits per heavy atom. The van der Waals surface area contributed by atoms with Crippen molar-refractivity contribution in [3.63, 3.8) is 0 Å². The molecule has 8 aromatic rings. The molecule has 0 aliphatic carbocycles. The van der Waals surface area contributed by atoms with Crippen molar-refractivity contribution in [1.82, 2.24) is 77.2 Å². The number of rotatable bonds is 52. The monoisotopic (exact) mass is 2210 g/mol. The second-order valence-electron chi connectivity index (χ2n) is 33.3. The smallest absolute Gasteiger partial charge is 0.387 e. The Labute approximate surface area is 837 Å². The van der Waals surface area contributed by atoms with Gasteiger partial charge in [0, 0.05) is 89.0 Å². The van der Waals surface area contributed by atoms with E-state index < -0.39 is 245 Å². The van der Waals surface area contributed by atoms with Crippen LogP contribution in [0.25, 0.3) is 22.3 Å². The van der Waals surface area contributed by atoms with Crippen molar-refractivity contribution < 1.29 is 160 Å². The molecule has 10 unspecified atom stereocenters. The van der Waals surface area contributed by atoms with Gasteiger partial charge < -0.3 is 158 Å². The molecule has 14 rings (SSSR count). The van der Waals surface area contributed by atoms with E-state index in [4.69, 9.17) is 191 Å². The largest absolute Gasteiger partial charge is 0.472 e. The van der Waals surface area contributed by atoms with Gasteiger partial charge in [-0.25, -0.2) is 48.2 Å². The Morgan fingerprint density at radius 1 is 0.386 bits per heavy atom. The average molecular weight is 2210 g/mol. The fourth-order valence-electron chi connectivity index (χ4n) is 16.5. The second kappa shape index (κ2) is 48.8. The third-order valence-corrected chi connectivity index (χ3v) is 30.2. The first-order valence-corrected chi connectivity index (χ1v) is 55.1. The van der Waals surface area contributed by atoms with Crippen LogP contribution in [0.3, 0.4) is 0 Å². The standard InChI is InChI=1S/C76H113N22O39P5S3/c1-11-39-40(22-46(127-39)93-23-35(2)59(77)87-73(93)101)133-140(109,143)125-30-44-51(56(119-19-14-114-8)71(132-44)98-34-86-48-65(98)91-72(82)92-66(48)100)135-138(105,106)122-28-42-50(55(118-18-13-113-7)68(129-42)95-25-37(4)61(79)89-75(95)103)134-139(107,108)123-29-43-52(58(121-21-16-116-10)70(131-43)97-33-85-47-63(81)83-32-84-64(47)97)136-142(111,145)126-31-45-53(57(120-20-15-115-9)69(130-45)96-26-38(5)62(80)90-76(96)104)137-141(110,144)124-27-41-49(99)54(117-17-12-112-6)67(128-41)94-24-36(3)60(78)88-74(94)102/h23-26,32-34,39-46,49-58,67-71,99H,11-22,27-31H2,1-10H3,(H,105,106)(H,107,108)(H,109,143)(H,110,144)(H,111,145)(H2,77,87,101)(H2,78,88,102)(H2,79,89,103)(H2,80,90,104)(H2,81,83,84)(H3,82,91,92,100)/t39-,40-,41-,42-,43-,44-,45-,46-,49+,50+,51+,52+,53+,54?,55?,56?,57?,58?,67-,68-,69-,70-,71-,140?,141?,142?/m1/s1. The Morgan fingerprint density at radius 3 is 1.12 bits per heavy atom. The number of H-pyrrole nitrogens is 1. The van der Waals surface area contributed by atoms with Crippen LogP contribution in [-0.4, -0.2) is 345 Å². The number of aliphatic hydroxyl groups excluding tert-OH is 1. The van der Waals surface area contributed by atoms with Crippen LogP contribution >= 0.6 is 35.8 Å². The third-order valence-electron chi connectivity index (χ3n) is 23.5. The molecule has 6 aliphatic rings. The minimum absolute atomic E-state index is 0.000131. The maximum Gasteiger partial charge on any atom is 0.472 e. The van der Waals surface area contributed by atoms with Crippen LogP contribution < -0.4 is 62.7 Å². The molecule has 0 amide bonds. The van der Waals surface area contributed by atoms with Crippen molar-refractivity contribution in [2.24, 2.45) is 0 Å². The minimum Gasteiger partial charge on any atom is -0.387 e. The quantitative estimate of drug-likeness (QED) is 0.0149. The predicted octanol–water partition coefficient (Wildman–Crippen LogP) is -1.72. The summed E-state index contributed by atoms with van der Waals surface area (Å²) in [6.45, 7) is -13.4. The summed E-state index contributed by atoms with van der Waals surface area (Å²) in [7, 11) is -5.00. The van der Waals surface area contributed by atoms with E-state index in [1.807, 2.05) is 0 Å². The van der Waals surface area contributed by atoms with Gasteiger partial charge in [0.25, 0.3) is 5.56 Å². The summed E-state index contributed by atoms with van der Waals surface area (Å²) in [5.41, 5.74) is 32.8. The van der Waals surface area contributed by atoms with Gasteiger partial charge in [-0.3, -0.25) is 64.3 Å². The number of nitrogens with one attached hydrogen (secondary N) is 1. The normalized spacial score (nSPS) is 29.2. The number of aryl methyl sites for hydroxylation is 4. The number of aromatic nitrogens is 16. The molecule has 28 atom stereocenters. The average Bonchev–Trinajstić information content (AvgIpc) is 1.60. The van der Waals surface area contributed by atoms with Crippen LogP contribution in [0, 0.1) is 27.7 Å². The zero-order valence-corrected chi connectivity index (χ0v) is 86.1. The molecule has 0 aromatic carbocycles. The van der Waals surface area contributed by atoms with Gasteiger partial charge in [-0.2, -0.15) is 24.9 Å². The summed E-state index contributed by atoms with van der Waals surface area (Å²) < 4.78 is 195. The molecule has 61 nitrogen and oxygen atoms in total. The number of hydrogen-bond donors (Lipinski definition) is 13. The lowest BCUT2D eigenvalue weighted by atomic mass is 10.1. The van der Waals surface area contributed by atoms with Gasteiger partial charge in [0.1, 0.15) is 133 Å². The van der Waals surface area contributed by atoms with Gasteiger partial charge in [0.05, 0.1) is 124 Å². The fraction of sp³-hybridized carbons (Fsp3) is 0.658. The molecule has 145 heavy (non-hydrogen) atoms. The maximum atomic E-state index is 15.5. The molecule has 69 heteroatoms. The molecule has 6 saturated heterocycles. The molecule has 0 saturated carbocycles. The van der Waals surface area contributed by atoms with E-state index in [0.717, 1.165) is 26.4 Å². The van der Waals surface area contributed by atoms with E-state index in [1.165, 1.54) is 94.2 Å². The van der Waals surface area contributed by atoms with Crippen molar-refractivity contribution in [2.45, 2.75) is 189 Å². The van der Waals surface area contributed by atoms with Gasteiger partial charge in [-0.1, -0.05) is 6.92 Å². The van der Waals surface area contributed by atoms with E-state index in [2.05, 4.69) is 49.8 Å². The zero-order valence-electron chi connectivity index (χ0n) is 79.1. The van der Waals surface area contributed by atoms with Crippen LogP contribution in [0.5, 0.6) is 0 Å². The second-order valence-corrected chi connectivity index (χ2v) is 44.5. The number of nitrogen functional groups attached to an aromatic ring is 6. The van der Waals surface area contributed by atoms with E-state index in [1.54, 1.807) is 20.8 Å². The number of hydrogen-bond acceptors (Lipinski definition) is 52. The molecule has 804 valence electrons. The summed E-state index contributed by atoms with van der Waals surface area (Å²) in [6.07, 6.45) is -27.8. The highest BCUT2D eigenvalue weighted by Gasteiger charge is 2.59. The summed E-state index contributed by atoms with van der Waals surface area (Å²) in [5.74, 6) is -0.983. The summed E-state index contributed by atoms with van der Waals surface area (Å²) in [4.78, 5) is 169. The Balaban J connectivity index is 0.760. The Bertz CT molecular complexity index is 6420. The number of ether oxygens (including phenoxy) is 16. The molecule has 0 spiro atoms. The number of aliphatic hydroxyl groups is 1. The van der Waals surface area contributed by atoms with Crippen molar-refractivity contribution in [3.8, 4) is 0 Å². The topological polar surface area (TPSA) is 798 Å². The van der Waals surface area contributed by atoms with E-state index >= 15 is 9.13 Å². The Hall–Kier alpha value is -7.65. The highest BCUT2D eigenvalue weighted by atomic mass is 32.5. The van der Waals surface area contributed by atoms with Crippen molar-refractivity contribution in [2.75, 3.05) is 169 Å². The summed E-state index contributed by atoms with van der Waals surface area (Å²) in [5, 5.41) is 11.8. The molecular weight excluding hydrogens is 2100 g/mol. The van der Waals surface area contributed by atoms with Gasteiger partial charge >= 0.3 is 58.6 Å². The highest BCUT2D eigenvalue weighted by molar-refractivity contribution is 8.07. The van der Waals surface area contributed by atoms with Gasteiger partial charge in [-0.15, -0.1) is 0 Å². The first-order valence-electron chi connectivity index (χ1n) is 44.4. The van der Waals surface area contributed by atoms with Crippen molar-refractivity contribution in [1.29, 1.82) is 0 Å². The lowest BCUT2D eigenvalue weighted by Gasteiger charge is -2.30. The number of fused-ring (bicyclic) bond motifs is 2. The number of phosphoric ester groups is 2. The van der Waals surface area contributed by atoms with Crippen LogP contribution in [0.1, 0.15) is 79.4 Å². The number of imidazole rings is 2. The number of nitrogens with two attached hydrogens (primary N) is 6. The first kappa shape index (κ1) is 113. The van der Waals surface area contributed by atoms with Crippen LogP contribution in [0.15, 0.2) is 67.7 Å². The van der Waals surface area contributed by atoms with Crippen LogP contribution in [0.2, 0.25) is 0 Å². The van der Waals surface area contributed by atoms with E-state index in [0.29, 0.717) is 11.1 Å². The number of methoxy groups -OCH3 is 5. The van der Waals surface area contributed by atoms with Crippen LogP contribution in [-0.2, 0) is 166 Å². The summed E-state index contributed by atoms with van der Waals surface area (Å²) >= 11 is 17.1. The Kier molecular flexibility index (Phi) is 38.0. The van der Waals surface area contributed by atoms with Gasteiger partial charge in [0.15, 0.2) is 53.8 Å². The predicted molar refractivity (Wildman–Crippen MR) is 509 cm³/mol. The van der Waals surface area contributed by atoms with Crippen molar-refractivity contribution in [3.05, 3.63) is 118 Å². The number of phosphoric acid groups is 2. The lowest BCUT2D eigenvalue weighted by molar-refractivity contribution is -0.0843. The molecule has 0 radical (unpaired) electrons. The molecule has 8 aromatic heterocycles. The van der Waals surface area contributed by atoms with E-state index in [-0.39, 0.29) is 141 Å².